The van der Waals surface area contributed by atoms with Crippen molar-refractivity contribution >= 4 is 43.5 Å². The normalized spacial score (nSPS) is 12.2. The van der Waals surface area contributed by atoms with Crippen LogP contribution in [-0.2, 0) is 26.2 Å². The second kappa shape index (κ2) is 12.2. The minimum atomic E-state index is -3.77. The first-order valence-corrected chi connectivity index (χ1v) is 13.6. The third kappa shape index (κ3) is 7.73. The fourth-order valence-electron chi connectivity index (χ4n) is 3.47. The van der Waals surface area contributed by atoms with E-state index in [9.17, 15) is 18.0 Å². The number of carbonyl (C=O) groups is 2. The zero-order chi connectivity index (χ0) is 25.5. The summed E-state index contributed by atoms with van der Waals surface area (Å²) in [7, 11) is -2.20. The number of rotatable bonds is 11. The highest BCUT2D eigenvalue weighted by Crippen LogP contribution is 2.23. The number of benzene rings is 2. The Labute approximate surface area is 210 Å². The summed E-state index contributed by atoms with van der Waals surface area (Å²) in [6.45, 7) is 5.22. The number of nitrogens with zero attached hydrogens (tertiary/aromatic N) is 2. The van der Waals surface area contributed by atoms with Crippen LogP contribution in [0.3, 0.4) is 0 Å². The maximum absolute atomic E-state index is 13.6. The zero-order valence-electron chi connectivity index (χ0n) is 20.1. The molecule has 2 rings (SSSR count). The average Bonchev–Trinajstić information content (AvgIpc) is 2.76. The van der Waals surface area contributed by atoms with Crippen molar-refractivity contribution < 1.29 is 22.7 Å². The van der Waals surface area contributed by atoms with Gasteiger partial charge in [0.05, 0.1) is 19.1 Å². The molecular weight excluding hydrogens is 522 g/mol. The number of nitrogens with one attached hydrogen (secondary N) is 1. The predicted octanol–water partition coefficient (Wildman–Crippen LogP) is 3.56. The molecule has 0 unspecified atom stereocenters. The number of carbonyl (C=O) groups excluding carboxylic acids is 2. The molecule has 8 nitrogen and oxygen atoms in total. The molecule has 0 saturated carbocycles. The maximum Gasteiger partial charge on any atom is 0.244 e. The van der Waals surface area contributed by atoms with Gasteiger partial charge in [-0.15, -0.1) is 0 Å². The molecule has 1 N–H and O–H groups in total. The van der Waals surface area contributed by atoms with Crippen molar-refractivity contribution in [1.29, 1.82) is 0 Å². The van der Waals surface area contributed by atoms with E-state index in [0.717, 1.165) is 16.1 Å². The van der Waals surface area contributed by atoms with Gasteiger partial charge < -0.3 is 15.0 Å². The fourth-order valence-corrected chi connectivity index (χ4v) is 4.70. The van der Waals surface area contributed by atoms with Crippen LogP contribution in [0, 0.1) is 0 Å². The second-order valence-corrected chi connectivity index (χ2v) is 11.0. The van der Waals surface area contributed by atoms with Crippen LogP contribution in [0.25, 0.3) is 0 Å². The van der Waals surface area contributed by atoms with Crippen LogP contribution in [0.5, 0.6) is 5.75 Å². The summed E-state index contributed by atoms with van der Waals surface area (Å²) in [5.41, 5.74) is 1.15. The first kappa shape index (κ1) is 27.7. The molecule has 34 heavy (non-hydrogen) atoms. The summed E-state index contributed by atoms with van der Waals surface area (Å²) >= 11 is 3.34. The van der Waals surface area contributed by atoms with Gasteiger partial charge in [0.2, 0.25) is 21.8 Å². The third-order valence-corrected chi connectivity index (χ3v) is 6.74. The Balaban J connectivity index is 2.43. The van der Waals surface area contributed by atoms with Crippen LogP contribution in [0.4, 0.5) is 5.69 Å². The quantitative estimate of drug-likeness (QED) is 0.459. The predicted molar refractivity (Wildman–Crippen MR) is 137 cm³/mol. The van der Waals surface area contributed by atoms with Crippen molar-refractivity contribution in [3.63, 3.8) is 0 Å². The van der Waals surface area contributed by atoms with Gasteiger partial charge in [-0.3, -0.25) is 13.9 Å². The van der Waals surface area contributed by atoms with E-state index >= 15 is 0 Å². The van der Waals surface area contributed by atoms with E-state index in [0.29, 0.717) is 22.3 Å². The number of hydrogen-bond acceptors (Lipinski definition) is 5. The van der Waals surface area contributed by atoms with E-state index in [4.69, 9.17) is 4.74 Å². The number of sulfonamides is 1. The van der Waals surface area contributed by atoms with Crippen LogP contribution >= 0.6 is 15.9 Å². The van der Waals surface area contributed by atoms with Crippen molar-refractivity contribution in [3.05, 3.63) is 58.6 Å². The van der Waals surface area contributed by atoms with Crippen LogP contribution in [0.15, 0.2) is 53.0 Å². The van der Waals surface area contributed by atoms with Crippen LogP contribution in [-0.4, -0.2) is 57.1 Å². The lowest BCUT2D eigenvalue weighted by Crippen LogP contribution is -2.53. The number of methoxy groups -OCH3 is 1. The van der Waals surface area contributed by atoms with Crippen LogP contribution in [0.1, 0.15) is 32.8 Å². The topological polar surface area (TPSA) is 96.0 Å². The molecule has 0 aliphatic heterocycles. The molecule has 0 aliphatic rings. The molecule has 2 aromatic rings. The molecule has 0 radical (unpaired) electrons. The van der Waals surface area contributed by atoms with Gasteiger partial charge in [-0.05, 0) is 56.2 Å². The summed E-state index contributed by atoms with van der Waals surface area (Å²) in [6.07, 6.45) is 1.42. The van der Waals surface area contributed by atoms with E-state index in [-0.39, 0.29) is 18.5 Å². The average molecular weight is 555 g/mol. The van der Waals surface area contributed by atoms with Crippen molar-refractivity contribution in [1.82, 2.24) is 10.2 Å². The molecule has 10 heteroatoms. The van der Waals surface area contributed by atoms with E-state index in [1.807, 2.05) is 32.9 Å². The molecule has 0 spiro atoms. The minimum Gasteiger partial charge on any atom is -0.497 e. The molecule has 0 fully saturated rings. The Morgan fingerprint density at radius 3 is 2.26 bits per heavy atom. The Kier molecular flexibility index (Phi) is 9.93. The molecule has 0 aliphatic carbocycles. The van der Waals surface area contributed by atoms with Gasteiger partial charge in [0.25, 0.3) is 0 Å². The van der Waals surface area contributed by atoms with Gasteiger partial charge in [0.15, 0.2) is 0 Å². The number of anilines is 1. The monoisotopic (exact) mass is 553 g/mol. The first-order valence-electron chi connectivity index (χ1n) is 10.9. The minimum absolute atomic E-state index is 0.103. The third-order valence-electron chi connectivity index (χ3n) is 5.10. The number of ether oxygens (including phenoxy) is 1. The Hall–Kier alpha value is -2.59. The van der Waals surface area contributed by atoms with Gasteiger partial charge in [0, 0.05) is 17.1 Å². The maximum atomic E-state index is 13.6. The lowest BCUT2D eigenvalue weighted by Gasteiger charge is -2.33. The fraction of sp³-hybridized carbons (Fsp3) is 0.417. The SMILES string of the molecule is CC[C@H](C(=O)NC(C)C)N(Cc1ccc(OC)cc1)C(=O)CN(c1cccc(Br)c1)S(C)(=O)=O. The highest BCUT2D eigenvalue weighted by Gasteiger charge is 2.32. The van der Waals surface area contributed by atoms with Gasteiger partial charge in [-0.2, -0.15) is 0 Å². The standard InChI is InChI=1S/C24H32BrN3O5S/c1-6-22(24(30)26-17(2)3)27(15-18-10-12-21(33-4)13-11-18)23(29)16-28(34(5,31)32)20-9-7-8-19(25)14-20/h7-14,17,22H,6,15-16H2,1-5H3,(H,26,30)/t22-/m1/s1. The zero-order valence-corrected chi connectivity index (χ0v) is 22.5. The van der Waals surface area contributed by atoms with E-state index in [1.54, 1.807) is 43.5 Å². The van der Waals surface area contributed by atoms with E-state index in [1.165, 1.54) is 4.90 Å². The molecule has 0 bridgehead atoms. The lowest BCUT2D eigenvalue weighted by molar-refractivity contribution is -0.140. The summed E-state index contributed by atoms with van der Waals surface area (Å²) in [4.78, 5) is 28.0. The highest BCUT2D eigenvalue weighted by atomic mass is 79.9. The lowest BCUT2D eigenvalue weighted by atomic mass is 10.1. The van der Waals surface area contributed by atoms with E-state index in [2.05, 4.69) is 21.2 Å². The summed E-state index contributed by atoms with van der Waals surface area (Å²) < 4.78 is 32.1. The smallest absolute Gasteiger partial charge is 0.244 e. The van der Waals surface area contributed by atoms with Crippen molar-refractivity contribution in [2.45, 2.75) is 45.8 Å². The Bertz CT molecular complexity index is 1090. The van der Waals surface area contributed by atoms with Gasteiger partial charge in [-0.25, -0.2) is 8.42 Å². The number of amides is 2. The molecular formula is C24H32BrN3O5S. The number of halogens is 1. The molecule has 0 heterocycles. The van der Waals surface area contributed by atoms with Gasteiger partial charge >= 0.3 is 0 Å². The summed E-state index contributed by atoms with van der Waals surface area (Å²) in [6, 6.07) is 13.0. The molecule has 2 amide bonds. The largest absolute Gasteiger partial charge is 0.497 e. The van der Waals surface area contributed by atoms with Crippen LogP contribution in [0.2, 0.25) is 0 Å². The van der Waals surface area contributed by atoms with Gasteiger partial charge in [-0.1, -0.05) is 41.1 Å². The molecule has 186 valence electrons. The summed E-state index contributed by atoms with van der Waals surface area (Å²) in [5.74, 6) is -0.0937. The number of hydrogen-bond donors (Lipinski definition) is 1. The van der Waals surface area contributed by atoms with Gasteiger partial charge in [0.1, 0.15) is 18.3 Å². The Morgan fingerprint density at radius 2 is 1.76 bits per heavy atom. The van der Waals surface area contributed by atoms with Crippen molar-refractivity contribution in [3.8, 4) is 5.75 Å². The second-order valence-electron chi connectivity index (χ2n) is 8.21. The molecule has 2 aromatic carbocycles. The molecule has 0 saturated heterocycles. The van der Waals surface area contributed by atoms with Crippen molar-refractivity contribution in [2.75, 3.05) is 24.2 Å². The molecule has 0 aromatic heterocycles. The van der Waals surface area contributed by atoms with E-state index < -0.39 is 28.5 Å². The molecule has 1 atom stereocenters. The Morgan fingerprint density at radius 1 is 1.12 bits per heavy atom. The van der Waals surface area contributed by atoms with Crippen LogP contribution < -0.4 is 14.4 Å². The van der Waals surface area contributed by atoms with Crippen molar-refractivity contribution in [2.24, 2.45) is 0 Å². The first-order chi connectivity index (χ1) is 16.0. The highest BCUT2D eigenvalue weighted by molar-refractivity contribution is 9.10. The summed E-state index contributed by atoms with van der Waals surface area (Å²) in [5, 5.41) is 2.86.